The van der Waals surface area contributed by atoms with Crippen LogP contribution in [0.3, 0.4) is 0 Å². The van der Waals surface area contributed by atoms with E-state index in [1.54, 1.807) is 0 Å². The molecule has 4 rings (SSSR count). The first-order valence-corrected chi connectivity index (χ1v) is 13.1. The second kappa shape index (κ2) is 11.4. The van der Waals surface area contributed by atoms with Crippen LogP contribution in [0.4, 0.5) is 48.7 Å². The maximum atomic E-state index is 14.8. The molecule has 244 valence electrons. The quantitative estimate of drug-likeness (QED) is 0.270. The number of nitrogens with zero attached hydrogens (tertiary/aromatic N) is 1. The Labute approximate surface area is 250 Å². The average Bonchev–Trinajstić information content (AvgIpc) is 3.19. The number of amides is 1. The number of halogens is 10. The van der Waals surface area contributed by atoms with Crippen LogP contribution in [-0.2, 0) is 35.4 Å². The topological polar surface area (TPSA) is 59.0 Å². The van der Waals surface area contributed by atoms with E-state index in [1.165, 1.54) is 27.9 Å². The lowest BCUT2D eigenvalue weighted by Crippen LogP contribution is -2.32. The van der Waals surface area contributed by atoms with Crippen LogP contribution in [0.5, 0.6) is 5.75 Å². The molecule has 1 fully saturated rings. The number of carbonyl (C=O) groups excluding carboxylic acids is 1. The molecule has 1 aliphatic heterocycles. The summed E-state index contributed by atoms with van der Waals surface area (Å²) < 4.78 is 147. The van der Waals surface area contributed by atoms with Crippen molar-refractivity contribution < 1.29 is 63.3 Å². The first kappa shape index (κ1) is 33.9. The Morgan fingerprint density at radius 1 is 0.822 bits per heavy atom. The first-order chi connectivity index (χ1) is 20.5. The SMILES string of the molecule is COc1cc(F)c(C(C)(C)O)cc1-c1ccc(C(F)(F)F)cc1CN1C(=O)OC(c2cc(C(F)(F)F)cc(C(F)(F)F)c2)C1C. The smallest absolute Gasteiger partial charge is 0.416 e. The van der Waals surface area contributed by atoms with Gasteiger partial charge in [-0.25, -0.2) is 9.18 Å². The Balaban J connectivity index is 1.83. The second-order valence-electron chi connectivity index (χ2n) is 11.0. The van der Waals surface area contributed by atoms with Crippen LogP contribution in [0.15, 0.2) is 48.5 Å². The number of benzene rings is 3. The lowest BCUT2D eigenvalue weighted by Gasteiger charge is -2.25. The van der Waals surface area contributed by atoms with Gasteiger partial charge in [-0.3, -0.25) is 4.90 Å². The van der Waals surface area contributed by atoms with Gasteiger partial charge in [-0.2, -0.15) is 39.5 Å². The second-order valence-corrected chi connectivity index (χ2v) is 11.0. The van der Waals surface area contributed by atoms with Crippen molar-refractivity contribution in [2.75, 3.05) is 7.11 Å². The van der Waals surface area contributed by atoms with Gasteiger partial charge in [0.2, 0.25) is 0 Å². The van der Waals surface area contributed by atoms with Gasteiger partial charge in [0.25, 0.3) is 0 Å². The highest BCUT2D eigenvalue weighted by molar-refractivity contribution is 5.76. The monoisotopic (exact) mass is 653 g/mol. The third-order valence-corrected chi connectivity index (χ3v) is 7.34. The fraction of sp³-hybridized carbons (Fsp3) is 0.367. The summed E-state index contributed by atoms with van der Waals surface area (Å²) in [7, 11) is 1.17. The van der Waals surface area contributed by atoms with E-state index in [9.17, 15) is 53.8 Å². The average molecular weight is 654 g/mol. The van der Waals surface area contributed by atoms with Crippen LogP contribution >= 0.6 is 0 Å². The molecule has 0 saturated carbocycles. The highest BCUT2D eigenvalue weighted by atomic mass is 19.4. The Kier molecular flexibility index (Phi) is 8.59. The zero-order valence-corrected chi connectivity index (χ0v) is 23.9. The largest absolute Gasteiger partial charge is 0.496 e. The lowest BCUT2D eigenvalue weighted by atomic mass is 9.90. The number of alkyl halides is 9. The number of hydrogen-bond acceptors (Lipinski definition) is 4. The molecular weight excluding hydrogens is 628 g/mol. The fourth-order valence-electron chi connectivity index (χ4n) is 5.05. The molecule has 1 N–H and O–H groups in total. The van der Waals surface area contributed by atoms with E-state index in [1.807, 2.05) is 0 Å². The number of aliphatic hydroxyl groups is 1. The van der Waals surface area contributed by atoms with Crippen molar-refractivity contribution >= 4 is 6.09 Å². The van der Waals surface area contributed by atoms with Crippen molar-refractivity contribution in [2.24, 2.45) is 0 Å². The van der Waals surface area contributed by atoms with Gasteiger partial charge in [-0.15, -0.1) is 0 Å². The van der Waals surface area contributed by atoms with Crippen LogP contribution in [0.25, 0.3) is 11.1 Å². The van der Waals surface area contributed by atoms with Gasteiger partial charge in [0.1, 0.15) is 17.7 Å². The Hall–Kier alpha value is -4.01. The molecule has 0 aromatic heterocycles. The molecule has 1 amide bonds. The molecular formula is C30H25F10NO4. The Morgan fingerprint density at radius 2 is 1.38 bits per heavy atom. The van der Waals surface area contributed by atoms with E-state index in [4.69, 9.17) is 9.47 Å². The van der Waals surface area contributed by atoms with Gasteiger partial charge in [-0.05, 0) is 73.9 Å². The number of methoxy groups -OCH3 is 1. The Morgan fingerprint density at radius 3 is 1.87 bits per heavy atom. The van der Waals surface area contributed by atoms with Crippen molar-refractivity contribution in [3.05, 3.63) is 87.7 Å². The van der Waals surface area contributed by atoms with Crippen LogP contribution in [0.1, 0.15) is 60.3 Å². The van der Waals surface area contributed by atoms with E-state index in [2.05, 4.69) is 0 Å². The molecule has 0 radical (unpaired) electrons. The summed E-state index contributed by atoms with van der Waals surface area (Å²) in [6.45, 7) is 3.14. The fourth-order valence-corrected chi connectivity index (χ4v) is 5.05. The molecule has 0 spiro atoms. The number of cyclic esters (lactones) is 1. The van der Waals surface area contributed by atoms with Crippen molar-refractivity contribution in [1.29, 1.82) is 0 Å². The van der Waals surface area contributed by atoms with Gasteiger partial charge in [0.15, 0.2) is 0 Å². The lowest BCUT2D eigenvalue weighted by molar-refractivity contribution is -0.143. The number of ether oxygens (including phenoxy) is 2. The van der Waals surface area contributed by atoms with Gasteiger partial charge in [0.05, 0.1) is 42.0 Å². The normalized spacial score (nSPS) is 17.9. The predicted molar refractivity (Wildman–Crippen MR) is 139 cm³/mol. The molecule has 1 heterocycles. The van der Waals surface area contributed by atoms with Crippen molar-refractivity contribution in [3.63, 3.8) is 0 Å². The summed E-state index contributed by atoms with van der Waals surface area (Å²) in [6.07, 6.45) is -18.1. The van der Waals surface area contributed by atoms with E-state index in [0.717, 1.165) is 29.2 Å². The molecule has 0 aliphatic carbocycles. The number of carbonyl (C=O) groups is 1. The van der Waals surface area contributed by atoms with E-state index >= 15 is 0 Å². The Bertz CT molecular complexity index is 1570. The molecule has 2 unspecified atom stereocenters. The minimum absolute atomic E-state index is 0.00669. The van der Waals surface area contributed by atoms with Gasteiger partial charge < -0.3 is 14.6 Å². The molecule has 1 saturated heterocycles. The van der Waals surface area contributed by atoms with Crippen LogP contribution in [0, 0.1) is 5.82 Å². The molecule has 3 aromatic rings. The van der Waals surface area contributed by atoms with E-state index in [0.29, 0.717) is 18.2 Å². The van der Waals surface area contributed by atoms with Gasteiger partial charge in [-0.1, -0.05) is 6.07 Å². The van der Waals surface area contributed by atoms with Crippen molar-refractivity contribution in [1.82, 2.24) is 4.90 Å². The summed E-state index contributed by atoms with van der Waals surface area (Å²) in [4.78, 5) is 13.8. The van der Waals surface area contributed by atoms with Crippen LogP contribution in [0.2, 0.25) is 0 Å². The number of hydrogen-bond donors (Lipinski definition) is 1. The summed E-state index contributed by atoms with van der Waals surface area (Å²) in [5, 5.41) is 10.5. The highest BCUT2D eigenvalue weighted by Crippen LogP contribution is 2.44. The summed E-state index contributed by atoms with van der Waals surface area (Å²) in [5.41, 5.74) is -7.17. The molecule has 45 heavy (non-hydrogen) atoms. The molecule has 0 bridgehead atoms. The molecule has 1 aliphatic rings. The van der Waals surface area contributed by atoms with Crippen LogP contribution < -0.4 is 4.74 Å². The van der Waals surface area contributed by atoms with E-state index in [-0.39, 0.29) is 34.1 Å². The maximum Gasteiger partial charge on any atom is 0.416 e. The van der Waals surface area contributed by atoms with Gasteiger partial charge in [0, 0.05) is 17.2 Å². The zero-order valence-electron chi connectivity index (χ0n) is 23.9. The summed E-state index contributed by atoms with van der Waals surface area (Å²) in [6, 6.07) is 4.00. The standard InChI is InChI=1S/C30H25F10NO4/c1-14-25(15-7-18(29(35,36)37)10-19(8-15)30(38,39)40)45-26(42)41(14)13-16-9-17(28(32,33)34)5-6-20(16)21-11-22(27(2,3)43)23(31)12-24(21)44-4/h5-12,14,25,43H,13H2,1-4H3. The minimum Gasteiger partial charge on any atom is -0.496 e. The summed E-state index contributed by atoms with van der Waals surface area (Å²) in [5.74, 6) is -1.02. The molecule has 5 nitrogen and oxygen atoms in total. The molecule has 2 atom stereocenters. The number of rotatable bonds is 6. The minimum atomic E-state index is -5.18. The maximum absolute atomic E-state index is 14.8. The van der Waals surface area contributed by atoms with Gasteiger partial charge >= 0.3 is 24.6 Å². The van der Waals surface area contributed by atoms with Crippen molar-refractivity contribution in [3.8, 4) is 16.9 Å². The van der Waals surface area contributed by atoms with E-state index < -0.39 is 77.0 Å². The third-order valence-electron chi connectivity index (χ3n) is 7.34. The molecule has 3 aromatic carbocycles. The predicted octanol–water partition coefficient (Wildman–Crippen LogP) is 8.87. The van der Waals surface area contributed by atoms with Crippen molar-refractivity contribution in [2.45, 2.75) is 63.6 Å². The van der Waals surface area contributed by atoms with Crippen LogP contribution in [-0.4, -0.2) is 29.3 Å². The summed E-state index contributed by atoms with van der Waals surface area (Å²) >= 11 is 0. The zero-order chi connectivity index (χ0) is 33.9. The highest BCUT2D eigenvalue weighted by Gasteiger charge is 2.44. The third kappa shape index (κ3) is 6.97. The molecule has 15 heteroatoms. The first-order valence-electron chi connectivity index (χ1n) is 13.1.